The van der Waals surface area contributed by atoms with Crippen molar-refractivity contribution in [2.45, 2.75) is 6.30 Å². The molecule has 1 N–H and O–H groups in total. The number of allylic oxidation sites excluding steroid dienone is 2. The topological polar surface area (TPSA) is 12.0 Å². The van der Waals surface area contributed by atoms with E-state index in [1.165, 1.54) is 0 Å². The van der Waals surface area contributed by atoms with Crippen molar-refractivity contribution in [1.82, 2.24) is 5.32 Å². The van der Waals surface area contributed by atoms with Crippen LogP contribution in [-0.4, -0.2) is 6.30 Å². The molecule has 0 aliphatic carbocycles. The van der Waals surface area contributed by atoms with E-state index >= 15 is 0 Å². The molecule has 1 rings (SSSR count). The summed E-state index contributed by atoms with van der Waals surface area (Å²) < 4.78 is 23.8. The Hall–Kier alpha value is -0.860. The van der Waals surface area contributed by atoms with Gasteiger partial charge in [-0.25, -0.2) is 8.78 Å². The molecule has 1 heterocycles. The Labute approximate surface area is 45.7 Å². The maximum Gasteiger partial charge on any atom is 0.189 e. The van der Waals surface area contributed by atoms with Crippen LogP contribution in [0.25, 0.3) is 0 Å². The summed E-state index contributed by atoms with van der Waals surface area (Å²) in [6, 6.07) is 0. The average molecular weight is 117 g/mol. The summed E-state index contributed by atoms with van der Waals surface area (Å²) in [6.07, 6.45) is 1.95. The normalized spacial score (nSPS) is 26.8. The lowest BCUT2D eigenvalue weighted by atomic mass is 10.4. The first-order valence-electron chi connectivity index (χ1n) is 2.23. The molecule has 0 bridgehead atoms. The molecule has 0 radical (unpaired) electrons. The van der Waals surface area contributed by atoms with Gasteiger partial charge in [0.05, 0.1) is 0 Å². The summed E-state index contributed by atoms with van der Waals surface area (Å²) in [4.78, 5) is 0. The zero-order valence-corrected chi connectivity index (χ0v) is 4.07. The second kappa shape index (κ2) is 1.94. The smallest absolute Gasteiger partial charge is 0.189 e. The Kier molecular flexibility index (Phi) is 1.28. The van der Waals surface area contributed by atoms with Crippen LogP contribution in [0.4, 0.5) is 8.78 Å². The summed E-state index contributed by atoms with van der Waals surface area (Å²) in [5.41, 5.74) is 0. The van der Waals surface area contributed by atoms with E-state index in [0.717, 1.165) is 18.4 Å². The fourth-order valence-electron chi connectivity index (χ4n) is 0.439. The van der Waals surface area contributed by atoms with Crippen LogP contribution in [0, 0.1) is 0 Å². The maximum absolute atomic E-state index is 11.9. The summed E-state index contributed by atoms with van der Waals surface area (Å²) >= 11 is 0. The van der Waals surface area contributed by atoms with Gasteiger partial charge in [-0.15, -0.1) is 0 Å². The predicted molar refractivity (Wildman–Crippen MR) is 26.4 cm³/mol. The Morgan fingerprint density at radius 2 is 2.38 bits per heavy atom. The molecule has 8 heavy (non-hydrogen) atoms. The molecule has 0 aromatic rings. The van der Waals surface area contributed by atoms with Gasteiger partial charge in [-0.05, 0) is 12.2 Å². The van der Waals surface area contributed by atoms with Crippen molar-refractivity contribution in [3.05, 3.63) is 24.2 Å². The number of nitrogens with one attached hydrogen (secondary N) is 1. The number of alkyl halides is 1. The SMILES string of the molecule is FC1=CNC(F)C=C1. The lowest BCUT2D eigenvalue weighted by Gasteiger charge is -2.05. The Bertz CT molecular complexity index is 139. The van der Waals surface area contributed by atoms with Crippen LogP contribution < -0.4 is 5.32 Å². The molecule has 0 saturated heterocycles. The van der Waals surface area contributed by atoms with E-state index in [4.69, 9.17) is 0 Å². The molecule has 1 nitrogen and oxygen atoms in total. The Balaban J connectivity index is 2.58. The fourth-order valence-corrected chi connectivity index (χ4v) is 0.439. The minimum Gasteiger partial charge on any atom is -0.356 e. The summed E-state index contributed by atoms with van der Waals surface area (Å²) in [5.74, 6) is -0.445. The first-order chi connectivity index (χ1) is 3.79. The molecule has 3 heteroatoms. The molecule has 0 spiro atoms. The van der Waals surface area contributed by atoms with Crippen molar-refractivity contribution in [3.8, 4) is 0 Å². The van der Waals surface area contributed by atoms with Gasteiger partial charge < -0.3 is 5.32 Å². The molecule has 44 valence electrons. The minimum atomic E-state index is -1.23. The van der Waals surface area contributed by atoms with E-state index in [1.807, 2.05) is 0 Å². The molecular weight excluding hydrogens is 112 g/mol. The quantitative estimate of drug-likeness (QED) is 0.471. The van der Waals surface area contributed by atoms with Crippen molar-refractivity contribution in [3.63, 3.8) is 0 Å². The second-order valence-corrected chi connectivity index (χ2v) is 1.46. The predicted octanol–water partition coefficient (Wildman–Crippen LogP) is 1.25. The van der Waals surface area contributed by atoms with Crippen molar-refractivity contribution in [1.29, 1.82) is 0 Å². The number of rotatable bonds is 0. The van der Waals surface area contributed by atoms with Gasteiger partial charge in [0.1, 0.15) is 5.83 Å². The fraction of sp³-hybridized carbons (Fsp3) is 0.200. The molecule has 1 atom stereocenters. The molecule has 0 amide bonds. The molecule has 0 fully saturated rings. The van der Waals surface area contributed by atoms with Gasteiger partial charge in [0, 0.05) is 6.20 Å². The summed E-state index contributed by atoms with van der Waals surface area (Å²) in [7, 11) is 0. The molecule has 1 aliphatic heterocycles. The van der Waals surface area contributed by atoms with Gasteiger partial charge >= 0.3 is 0 Å². The van der Waals surface area contributed by atoms with E-state index in [-0.39, 0.29) is 0 Å². The molecule has 0 aromatic heterocycles. The standard InChI is InChI=1S/C5H5F2N/c6-4-1-2-5(7)8-3-4/h1-3,5,8H. The van der Waals surface area contributed by atoms with E-state index in [2.05, 4.69) is 5.32 Å². The second-order valence-electron chi connectivity index (χ2n) is 1.46. The van der Waals surface area contributed by atoms with Gasteiger partial charge in [0.25, 0.3) is 0 Å². The van der Waals surface area contributed by atoms with Crippen LogP contribution in [0.3, 0.4) is 0 Å². The van der Waals surface area contributed by atoms with Crippen LogP contribution in [0.1, 0.15) is 0 Å². The summed E-state index contributed by atoms with van der Waals surface area (Å²) in [5, 5.41) is 2.14. The highest BCUT2D eigenvalue weighted by atomic mass is 19.1. The first-order valence-corrected chi connectivity index (χ1v) is 2.23. The third-order valence-electron chi connectivity index (χ3n) is 0.805. The van der Waals surface area contributed by atoms with Gasteiger partial charge in [0.15, 0.2) is 6.30 Å². The maximum atomic E-state index is 11.9. The van der Waals surface area contributed by atoms with E-state index in [0.29, 0.717) is 0 Å². The van der Waals surface area contributed by atoms with Gasteiger partial charge in [0.2, 0.25) is 0 Å². The zero-order chi connectivity index (χ0) is 5.98. The van der Waals surface area contributed by atoms with Crippen molar-refractivity contribution in [2.24, 2.45) is 0 Å². The van der Waals surface area contributed by atoms with Crippen molar-refractivity contribution >= 4 is 0 Å². The molecule has 0 saturated carbocycles. The Morgan fingerprint density at radius 1 is 1.62 bits per heavy atom. The van der Waals surface area contributed by atoms with Crippen LogP contribution in [0.2, 0.25) is 0 Å². The largest absolute Gasteiger partial charge is 0.356 e. The molecule has 1 aliphatic rings. The summed E-state index contributed by atoms with van der Waals surface area (Å²) in [6.45, 7) is 0. The minimum absolute atomic E-state index is 0.445. The van der Waals surface area contributed by atoms with Crippen LogP contribution in [0.5, 0.6) is 0 Å². The van der Waals surface area contributed by atoms with Gasteiger partial charge in [-0.2, -0.15) is 0 Å². The third-order valence-corrected chi connectivity index (χ3v) is 0.805. The van der Waals surface area contributed by atoms with Crippen LogP contribution in [-0.2, 0) is 0 Å². The van der Waals surface area contributed by atoms with Crippen molar-refractivity contribution < 1.29 is 8.78 Å². The number of dihydropyridines is 1. The van der Waals surface area contributed by atoms with Gasteiger partial charge in [-0.1, -0.05) is 0 Å². The van der Waals surface area contributed by atoms with E-state index in [9.17, 15) is 8.78 Å². The first kappa shape index (κ1) is 5.28. The van der Waals surface area contributed by atoms with Gasteiger partial charge in [-0.3, -0.25) is 0 Å². The lowest BCUT2D eigenvalue weighted by molar-refractivity contribution is 0.359. The zero-order valence-electron chi connectivity index (χ0n) is 4.07. The van der Waals surface area contributed by atoms with E-state index < -0.39 is 12.1 Å². The Morgan fingerprint density at radius 3 is 2.75 bits per heavy atom. The monoisotopic (exact) mass is 117 g/mol. The number of hydrogen-bond donors (Lipinski definition) is 1. The van der Waals surface area contributed by atoms with Crippen molar-refractivity contribution in [2.75, 3.05) is 0 Å². The van der Waals surface area contributed by atoms with Crippen LogP contribution in [0.15, 0.2) is 24.2 Å². The lowest BCUT2D eigenvalue weighted by Crippen LogP contribution is -2.18. The van der Waals surface area contributed by atoms with Crippen LogP contribution >= 0.6 is 0 Å². The number of hydrogen-bond acceptors (Lipinski definition) is 1. The highest BCUT2D eigenvalue weighted by molar-refractivity contribution is 5.15. The average Bonchev–Trinajstić information content (AvgIpc) is 1.77. The molecule has 1 unspecified atom stereocenters. The number of halogens is 2. The molecule has 0 aromatic carbocycles. The van der Waals surface area contributed by atoms with E-state index in [1.54, 1.807) is 0 Å². The third kappa shape index (κ3) is 1.05. The molecular formula is C5H5F2N. The highest BCUT2D eigenvalue weighted by Crippen LogP contribution is 2.04. The highest BCUT2D eigenvalue weighted by Gasteiger charge is 2.01.